The maximum atomic E-state index is 10.4. The number of benzene rings is 3. The number of rotatable bonds is 8. The van der Waals surface area contributed by atoms with E-state index in [1.165, 1.54) is 5.56 Å². The Morgan fingerprint density at radius 3 is 2.50 bits per heavy atom. The normalized spacial score (nSPS) is 12.7. The Morgan fingerprint density at radius 1 is 0.929 bits per heavy atom. The molecule has 4 heteroatoms. The van der Waals surface area contributed by atoms with Gasteiger partial charge in [0, 0.05) is 23.9 Å². The summed E-state index contributed by atoms with van der Waals surface area (Å²) in [4.78, 5) is 2.22. The van der Waals surface area contributed by atoms with Crippen molar-refractivity contribution in [2.75, 3.05) is 19.7 Å². The highest BCUT2D eigenvalue weighted by atomic mass is 16.5. The van der Waals surface area contributed by atoms with Crippen LogP contribution >= 0.6 is 0 Å². The van der Waals surface area contributed by atoms with Gasteiger partial charge in [0.15, 0.2) is 0 Å². The second kappa shape index (κ2) is 8.46. The minimum atomic E-state index is -0.555. The van der Waals surface area contributed by atoms with Crippen LogP contribution in [0.2, 0.25) is 0 Å². The number of aliphatic hydroxyl groups excluding tert-OH is 1. The number of furan rings is 1. The van der Waals surface area contributed by atoms with E-state index in [2.05, 4.69) is 24.0 Å². The van der Waals surface area contributed by atoms with E-state index in [-0.39, 0.29) is 6.61 Å². The molecule has 3 aromatic carbocycles. The number of hydrogen-bond donors (Lipinski definition) is 1. The Balaban J connectivity index is 1.38. The quantitative estimate of drug-likeness (QED) is 0.478. The first-order valence-corrected chi connectivity index (χ1v) is 9.71. The number of fused-ring (bicyclic) bond motifs is 3. The zero-order valence-electron chi connectivity index (χ0n) is 16.0. The third-order valence-electron chi connectivity index (χ3n) is 4.96. The molecule has 0 radical (unpaired) electrons. The number of aliphatic hydroxyl groups is 1. The zero-order valence-corrected chi connectivity index (χ0v) is 16.0. The van der Waals surface area contributed by atoms with Gasteiger partial charge in [-0.3, -0.25) is 4.90 Å². The molecule has 1 N–H and O–H groups in total. The van der Waals surface area contributed by atoms with E-state index < -0.39 is 6.10 Å². The number of nitrogens with zero attached hydrogens (tertiary/aromatic N) is 1. The lowest BCUT2D eigenvalue weighted by Crippen LogP contribution is -2.35. The summed E-state index contributed by atoms with van der Waals surface area (Å²) < 4.78 is 11.7. The second-order valence-corrected chi connectivity index (χ2v) is 7.03. The summed E-state index contributed by atoms with van der Waals surface area (Å²) in [5.74, 6) is 0.740. The van der Waals surface area contributed by atoms with Crippen molar-refractivity contribution in [3.8, 4) is 5.75 Å². The predicted molar refractivity (Wildman–Crippen MR) is 113 cm³/mol. The van der Waals surface area contributed by atoms with Crippen LogP contribution in [0, 0.1) is 0 Å². The Morgan fingerprint density at radius 2 is 1.68 bits per heavy atom. The van der Waals surface area contributed by atoms with Crippen LogP contribution in [-0.4, -0.2) is 35.8 Å². The van der Waals surface area contributed by atoms with Gasteiger partial charge < -0.3 is 14.3 Å². The molecular formula is C24H25NO3. The van der Waals surface area contributed by atoms with Crippen molar-refractivity contribution in [2.24, 2.45) is 0 Å². The van der Waals surface area contributed by atoms with Gasteiger partial charge in [0.1, 0.15) is 29.6 Å². The minimum Gasteiger partial charge on any atom is -0.491 e. The number of hydrogen-bond acceptors (Lipinski definition) is 4. The third-order valence-corrected chi connectivity index (χ3v) is 4.96. The van der Waals surface area contributed by atoms with Crippen molar-refractivity contribution in [1.82, 2.24) is 4.90 Å². The van der Waals surface area contributed by atoms with Crippen LogP contribution in [0.4, 0.5) is 0 Å². The van der Waals surface area contributed by atoms with Crippen LogP contribution in [0.25, 0.3) is 21.9 Å². The van der Waals surface area contributed by atoms with Crippen LogP contribution in [0.5, 0.6) is 5.75 Å². The maximum absolute atomic E-state index is 10.4. The highest BCUT2D eigenvalue weighted by Gasteiger charge is 2.13. The van der Waals surface area contributed by atoms with E-state index in [4.69, 9.17) is 9.15 Å². The van der Waals surface area contributed by atoms with Gasteiger partial charge in [-0.2, -0.15) is 0 Å². The molecule has 28 heavy (non-hydrogen) atoms. The number of ether oxygens (including phenoxy) is 1. The van der Waals surface area contributed by atoms with E-state index in [1.54, 1.807) is 0 Å². The Kier molecular flexibility index (Phi) is 5.60. The standard InChI is InChI=1S/C24H25NO3/c1-2-25(15-18-8-4-3-5-9-18)16-19(26)17-27-20-12-13-24-22(14-20)21-10-6-7-11-23(21)28-24/h3-14,19,26H,2,15-17H2,1H3/t19-/m0/s1. The molecular weight excluding hydrogens is 350 g/mol. The lowest BCUT2D eigenvalue weighted by Gasteiger charge is -2.23. The maximum Gasteiger partial charge on any atom is 0.135 e. The van der Waals surface area contributed by atoms with Gasteiger partial charge >= 0.3 is 0 Å². The Hall–Kier alpha value is -2.82. The first-order valence-electron chi connectivity index (χ1n) is 9.71. The van der Waals surface area contributed by atoms with E-state index in [9.17, 15) is 5.11 Å². The average Bonchev–Trinajstić information content (AvgIpc) is 3.10. The molecule has 0 amide bonds. The fraction of sp³-hybridized carbons (Fsp3) is 0.250. The van der Waals surface area contributed by atoms with Gasteiger partial charge in [0.25, 0.3) is 0 Å². The average molecular weight is 375 g/mol. The van der Waals surface area contributed by atoms with Crippen LogP contribution < -0.4 is 4.74 Å². The van der Waals surface area contributed by atoms with Crippen LogP contribution in [-0.2, 0) is 6.54 Å². The van der Waals surface area contributed by atoms with Gasteiger partial charge in [-0.05, 0) is 36.4 Å². The Bertz CT molecular complexity index is 1040. The molecule has 4 aromatic rings. The molecule has 1 aromatic heterocycles. The molecule has 0 aliphatic rings. The third kappa shape index (κ3) is 4.19. The first kappa shape index (κ1) is 18.5. The molecule has 0 aliphatic carbocycles. The van der Waals surface area contributed by atoms with E-state index in [1.807, 2.05) is 60.7 Å². The number of likely N-dealkylation sites (N-methyl/N-ethyl adjacent to an activating group) is 1. The summed E-state index contributed by atoms with van der Waals surface area (Å²) in [5.41, 5.74) is 2.96. The summed E-state index contributed by atoms with van der Waals surface area (Å²) in [7, 11) is 0. The van der Waals surface area contributed by atoms with Crippen molar-refractivity contribution >= 4 is 21.9 Å². The predicted octanol–water partition coefficient (Wildman–Crippen LogP) is 4.85. The molecule has 0 saturated heterocycles. The molecule has 4 nitrogen and oxygen atoms in total. The first-order chi connectivity index (χ1) is 13.7. The largest absolute Gasteiger partial charge is 0.491 e. The molecule has 0 saturated carbocycles. The van der Waals surface area contributed by atoms with Gasteiger partial charge in [-0.1, -0.05) is 55.5 Å². The van der Waals surface area contributed by atoms with Gasteiger partial charge in [0.2, 0.25) is 0 Å². The molecule has 1 atom stereocenters. The summed E-state index contributed by atoms with van der Waals surface area (Å²) in [6, 6.07) is 24.1. The summed E-state index contributed by atoms with van der Waals surface area (Å²) in [5, 5.41) is 12.6. The van der Waals surface area contributed by atoms with Crippen LogP contribution in [0.3, 0.4) is 0 Å². The molecule has 0 aliphatic heterocycles. The van der Waals surface area contributed by atoms with Crippen molar-refractivity contribution in [3.05, 3.63) is 78.4 Å². The molecule has 0 fully saturated rings. The molecule has 144 valence electrons. The topological polar surface area (TPSA) is 45.8 Å². The van der Waals surface area contributed by atoms with Crippen molar-refractivity contribution < 1.29 is 14.3 Å². The van der Waals surface area contributed by atoms with Gasteiger partial charge in [-0.15, -0.1) is 0 Å². The fourth-order valence-corrected chi connectivity index (χ4v) is 3.49. The van der Waals surface area contributed by atoms with Crippen molar-refractivity contribution in [2.45, 2.75) is 19.6 Å². The second-order valence-electron chi connectivity index (χ2n) is 7.03. The lowest BCUT2D eigenvalue weighted by atomic mass is 10.1. The monoisotopic (exact) mass is 375 g/mol. The summed E-state index contributed by atoms with van der Waals surface area (Å²) in [6.45, 7) is 4.63. The Labute approximate surface area is 165 Å². The highest BCUT2D eigenvalue weighted by Crippen LogP contribution is 2.31. The van der Waals surface area contributed by atoms with Crippen LogP contribution in [0.15, 0.2) is 77.2 Å². The van der Waals surface area contributed by atoms with Crippen LogP contribution in [0.1, 0.15) is 12.5 Å². The minimum absolute atomic E-state index is 0.257. The van der Waals surface area contributed by atoms with Gasteiger partial charge in [-0.25, -0.2) is 0 Å². The molecule has 0 spiro atoms. The molecule has 1 heterocycles. The lowest BCUT2D eigenvalue weighted by molar-refractivity contribution is 0.0675. The molecule has 4 rings (SSSR count). The van der Waals surface area contributed by atoms with E-state index >= 15 is 0 Å². The number of para-hydroxylation sites is 1. The van der Waals surface area contributed by atoms with Crippen molar-refractivity contribution in [1.29, 1.82) is 0 Å². The highest BCUT2D eigenvalue weighted by molar-refractivity contribution is 6.05. The zero-order chi connectivity index (χ0) is 19.3. The van der Waals surface area contributed by atoms with Gasteiger partial charge in [0.05, 0.1) is 0 Å². The summed E-state index contributed by atoms with van der Waals surface area (Å²) >= 11 is 0. The SMILES string of the molecule is CCN(Cc1ccccc1)C[C@H](O)COc1ccc2oc3ccccc3c2c1. The van der Waals surface area contributed by atoms with Crippen molar-refractivity contribution in [3.63, 3.8) is 0 Å². The van der Waals surface area contributed by atoms with E-state index in [0.717, 1.165) is 40.8 Å². The molecule has 0 unspecified atom stereocenters. The van der Waals surface area contributed by atoms with E-state index in [0.29, 0.717) is 6.54 Å². The molecule has 0 bridgehead atoms. The smallest absolute Gasteiger partial charge is 0.135 e. The summed E-state index contributed by atoms with van der Waals surface area (Å²) in [6.07, 6.45) is -0.555. The fourth-order valence-electron chi connectivity index (χ4n) is 3.49.